The zero-order valence-electron chi connectivity index (χ0n) is 14.9. The molecule has 0 fully saturated rings. The van der Waals surface area contributed by atoms with E-state index in [-0.39, 0.29) is 22.3 Å². The number of likely N-dealkylation sites (N-methyl/N-ethyl adjacent to an activating group) is 1. The average Bonchev–Trinajstić information content (AvgIpc) is 2.61. The van der Waals surface area contributed by atoms with Gasteiger partial charge in [-0.2, -0.15) is 0 Å². The predicted molar refractivity (Wildman–Crippen MR) is 101 cm³/mol. The van der Waals surface area contributed by atoms with Gasteiger partial charge in [0.05, 0.1) is 5.02 Å². The first-order chi connectivity index (χ1) is 12.8. The third-order valence-corrected chi connectivity index (χ3v) is 4.20. The second-order valence-corrected chi connectivity index (χ2v) is 6.22. The number of nitrogens with one attached hydrogen (secondary N) is 1. The van der Waals surface area contributed by atoms with Crippen molar-refractivity contribution in [3.63, 3.8) is 0 Å². The lowest BCUT2D eigenvalue weighted by Crippen LogP contribution is -2.40. The second kappa shape index (κ2) is 8.72. The molecule has 2 rings (SSSR count). The molecule has 0 aliphatic carbocycles. The van der Waals surface area contributed by atoms with Crippen LogP contribution in [0.2, 0.25) is 5.02 Å². The molecule has 0 bridgehead atoms. The molecule has 27 heavy (non-hydrogen) atoms. The molecular weight excluding hydrogens is 379 g/mol. The van der Waals surface area contributed by atoms with Gasteiger partial charge in [-0.15, -0.1) is 0 Å². The van der Waals surface area contributed by atoms with Crippen LogP contribution in [0.5, 0.6) is 5.75 Å². The van der Waals surface area contributed by atoms with E-state index in [1.165, 1.54) is 23.7 Å². The molecule has 0 radical (unpaired) electrons. The van der Waals surface area contributed by atoms with E-state index >= 15 is 0 Å². The lowest BCUT2D eigenvalue weighted by atomic mass is 10.3. The number of rotatable bonds is 7. The van der Waals surface area contributed by atoms with Crippen LogP contribution in [0.3, 0.4) is 0 Å². The Hall–Kier alpha value is -2.81. The Balaban J connectivity index is 2.21. The summed E-state index contributed by atoms with van der Waals surface area (Å²) in [5, 5.41) is -0.142. The van der Waals surface area contributed by atoms with Gasteiger partial charge in [0.2, 0.25) is 0 Å². The molecule has 8 nitrogen and oxygen atoms in total. The molecular formula is C17H20ClFN4O4. The van der Waals surface area contributed by atoms with Gasteiger partial charge in [-0.3, -0.25) is 19.1 Å². The molecule has 0 unspecified atom stereocenters. The number of nitrogens with zero attached hydrogens (tertiary/aromatic N) is 2. The van der Waals surface area contributed by atoms with E-state index in [0.717, 1.165) is 17.4 Å². The number of aromatic nitrogens is 2. The van der Waals surface area contributed by atoms with Crippen molar-refractivity contribution in [3.05, 3.63) is 49.9 Å². The van der Waals surface area contributed by atoms with Crippen LogP contribution in [0.1, 0.15) is 19.8 Å². The zero-order chi connectivity index (χ0) is 20.1. The fourth-order valence-corrected chi connectivity index (χ4v) is 2.54. The summed E-state index contributed by atoms with van der Waals surface area (Å²) < 4.78 is 19.6. The van der Waals surface area contributed by atoms with Crippen LogP contribution < -0.4 is 26.6 Å². The van der Waals surface area contributed by atoms with Crippen LogP contribution in [0.25, 0.3) is 0 Å². The van der Waals surface area contributed by atoms with E-state index in [1.807, 2.05) is 6.92 Å². The van der Waals surface area contributed by atoms with Gasteiger partial charge in [-0.25, -0.2) is 9.18 Å². The number of anilines is 2. The molecule has 1 aromatic carbocycles. The van der Waals surface area contributed by atoms with Gasteiger partial charge < -0.3 is 15.4 Å². The first-order valence-electron chi connectivity index (χ1n) is 8.23. The maximum atomic E-state index is 13.2. The number of amides is 1. The van der Waals surface area contributed by atoms with Crippen LogP contribution in [-0.2, 0) is 11.3 Å². The highest BCUT2D eigenvalue weighted by atomic mass is 35.5. The molecule has 1 amide bonds. The van der Waals surface area contributed by atoms with Crippen molar-refractivity contribution in [2.45, 2.75) is 26.3 Å². The number of aromatic amines is 1. The number of benzene rings is 1. The van der Waals surface area contributed by atoms with Gasteiger partial charge in [0.1, 0.15) is 17.4 Å². The van der Waals surface area contributed by atoms with Gasteiger partial charge in [-0.05, 0) is 18.6 Å². The average molecular weight is 399 g/mol. The Morgan fingerprint density at radius 1 is 1.41 bits per heavy atom. The van der Waals surface area contributed by atoms with Gasteiger partial charge in [0, 0.05) is 19.7 Å². The van der Waals surface area contributed by atoms with E-state index in [0.29, 0.717) is 13.0 Å². The molecule has 0 aliphatic heterocycles. The Labute approximate surface area is 159 Å². The fourth-order valence-electron chi connectivity index (χ4n) is 2.37. The highest BCUT2D eigenvalue weighted by Gasteiger charge is 2.21. The molecule has 3 N–H and O–H groups in total. The van der Waals surface area contributed by atoms with Crippen molar-refractivity contribution in [2.24, 2.45) is 0 Å². The number of ether oxygens (including phenoxy) is 1. The summed E-state index contributed by atoms with van der Waals surface area (Å²) >= 11 is 5.66. The Morgan fingerprint density at radius 2 is 2.11 bits per heavy atom. The normalized spacial score (nSPS) is 10.7. The molecule has 0 saturated carbocycles. The number of hydrogen-bond acceptors (Lipinski definition) is 5. The maximum Gasteiger partial charge on any atom is 0.330 e. The van der Waals surface area contributed by atoms with E-state index in [4.69, 9.17) is 22.1 Å². The molecule has 0 spiro atoms. The summed E-state index contributed by atoms with van der Waals surface area (Å²) in [4.78, 5) is 39.6. The smallest absolute Gasteiger partial charge is 0.330 e. The summed E-state index contributed by atoms with van der Waals surface area (Å²) in [6.07, 6.45) is 1.50. The molecule has 2 aromatic rings. The number of nitrogen functional groups attached to an aromatic ring is 1. The minimum atomic E-state index is -0.772. The molecule has 1 aromatic heterocycles. The first-order valence-corrected chi connectivity index (χ1v) is 8.61. The summed E-state index contributed by atoms with van der Waals surface area (Å²) in [7, 11) is 1.35. The van der Waals surface area contributed by atoms with Gasteiger partial charge in [0.15, 0.2) is 12.3 Å². The van der Waals surface area contributed by atoms with Crippen LogP contribution in [0, 0.1) is 5.82 Å². The van der Waals surface area contributed by atoms with E-state index < -0.39 is 29.6 Å². The number of carbonyl (C=O) groups excluding carboxylic acids is 1. The lowest BCUT2D eigenvalue weighted by molar-refractivity contribution is -0.120. The SMILES string of the molecule is CCCCn1c(N)c(N(C)C(=O)COc2ccc(F)c(Cl)c2)c(=O)[nH]c1=O. The molecule has 0 atom stereocenters. The highest BCUT2D eigenvalue weighted by Crippen LogP contribution is 2.21. The maximum absolute atomic E-state index is 13.2. The van der Waals surface area contributed by atoms with Crippen LogP contribution in [-0.4, -0.2) is 29.1 Å². The molecule has 10 heteroatoms. The monoisotopic (exact) mass is 398 g/mol. The minimum absolute atomic E-state index is 0.0992. The molecule has 146 valence electrons. The number of hydrogen-bond donors (Lipinski definition) is 2. The van der Waals surface area contributed by atoms with Crippen molar-refractivity contribution in [3.8, 4) is 5.75 Å². The third-order valence-electron chi connectivity index (χ3n) is 3.91. The van der Waals surface area contributed by atoms with Crippen molar-refractivity contribution < 1.29 is 13.9 Å². The van der Waals surface area contributed by atoms with Crippen LogP contribution in [0.15, 0.2) is 27.8 Å². The molecule has 0 saturated heterocycles. The molecule has 0 aliphatic rings. The highest BCUT2D eigenvalue weighted by molar-refractivity contribution is 6.30. The van der Waals surface area contributed by atoms with E-state index in [2.05, 4.69) is 4.98 Å². The summed E-state index contributed by atoms with van der Waals surface area (Å²) in [6.45, 7) is 1.82. The van der Waals surface area contributed by atoms with E-state index in [9.17, 15) is 18.8 Å². The lowest BCUT2D eigenvalue weighted by Gasteiger charge is -2.20. The van der Waals surface area contributed by atoms with Crippen molar-refractivity contribution in [2.75, 3.05) is 24.3 Å². The predicted octanol–water partition coefficient (Wildman–Crippen LogP) is 1.75. The second-order valence-electron chi connectivity index (χ2n) is 5.82. The number of nitrogens with two attached hydrogens (primary N) is 1. The third kappa shape index (κ3) is 4.68. The number of unbranched alkanes of at least 4 members (excludes halogenated alkanes) is 1. The standard InChI is InChI=1S/C17H20ClFN4O4/c1-3-4-7-23-15(20)14(16(25)21-17(23)26)22(2)13(24)9-27-10-5-6-12(19)11(18)8-10/h5-6,8H,3-4,7,9,20H2,1-2H3,(H,21,25,26). The minimum Gasteiger partial charge on any atom is -0.484 e. The Kier molecular flexibility index (Phi) is 6.62. The number of halogens is 2. The van der Waals surface area contributed by atoms with E-state index in [1.54, 1.807) is 0 Å². The Bertz CT molecular complexity index is 957. The quantitative estimate of drug-likeness (QED) is 0.738. The summed E-state index contributed by atoms with van der Waals surface area (Å²) in [5.74, 6) is -1.11. The Morgan fingerprint density at radius 3 is 2.74 bits per heavy atom. The van der Waals surface area contributed by atoms with Crippen LogP contribution >= 0.6 is 11.6 Å². The summed E-state index contributed by atoms with van der Waals surface area (Å²) in [6, 6.07) is 3.66. The van der Waals surface area contributed by atoms with Gasteiger partial charge in [-0.1, -0.05) is 24.9 Å². The fraction of sp³-hybridized carbons (Fsp3) is 0.353. The number of H-pyrrole nitrogens is 1. The van der Waals surface area contributed by atoms with Crippen molar-refractivity contribution in [1.82, 2.24) is 9.55 Å². The molecule has 1 heterocycles. The van der Waals surface area contributed by atoms with Gasteiger partial charge in [0.25, 0.3) is 11.5 Å². The zero-order valence-corrected chi connectivity index (χ0v) is 15.7. The van der Waals surface area contributed by atoms with Crippen LogP contribution in [0.4, 0.5) is 15.9 Å². The topological polar surface area (TPSA) is 110 Å². The first kappa shape index (κ1) is 20.5. The van der Waals surface area contributed by atoms with Gasteiger partial charge >= 0.3 is 5.69 Å². The number of carbonyl (C=O) groups is 1. The largest absolute Gasteiger partial charge is 0.484 e. The van der Waals surface area contributed by atoms with Crippen molar-refractivity contribution in [1.29, 1.82) is 0 Å². The van der Waals surface area contributed by atoms with Crippen molar-refractivity contribution >= 4 is 29.0 Å². The summed E-state index contributed by atoms with van der Waals surface area (Å²) in [5.41, 5.74) is 4.41.